The van der Waals surface area contributed by atoms with Crippen molar-refractivity contribution in [3.05, 3.63) is 29.8 Å². The Balaban J connectivity index is 1.85. The largest absolute Gasteiger partial charge is 0.494 e. The molecule has 1 N–H and O–H groups in total. The van der Waals surface area contributed by atoms with E-state index in [-0.39, 0.29) is 0 Å². The molecule has 3 heteroatoms. The zero-order chi connectivity index (χ0) is 15.1. The van der Waals surface area contributed by atoms with Gasteiger partial charge in [0.1, 0.15) is 5.75 Å². The summed E-state index contributed by atoms with van der Waals surface area (Å²) in [6.45, 7) is 9.26. The first-order chi connectivity index (χ1) is 10.2. The quantitative estimate of drug-likeness (QED) is 0.825. The molecule has 0 spiro atoms. The fraction of sp³-hybridized carbons (Fsp3) is 0.667. The number of nitrogens with one attached hydrogen (secondary N) is 1. The molecular weight excluding hydrogens is 262 g/mol. The van der Waals surface area contributed by atoms with Crippen LogP contribution in [0, 0.1) is 5.92 Å². The first kappa shape index (κ1) is 16.3. The van der Waals surface area contributed by atoms with Crippen molar-refractivity contribution in [1.82, 2.24) is 5.32 Å². The predicted octanol–water partition coefficient (Wildman–Crippen LogP) is 3.94. The molecule has 1 heterocycles. The van der Waals surface area contributed by atoms with E-state index in [9.17, 15) is 0 Å². The molecular formula is C18H29NO2. The maximum atomic E-state index is 5.63. The van der Waals surface area contributed by atoms with Crippen molar-refractivity contribution in [3.8, 4) is 5.75 Å². The molecule has 0 bridgehead atoms. The molecule has 0 saturated carbocycles. The second-order valence-electron chi connectivity index (χ2n) is 6.04. The van der Waals surface area contributed by atoms with Gasteiger partial charge in [0.2, 0.25) is 0 Å². The van der Waals surface area contributed by atoms with Gasteiger partial charge in [0.15, 0.2) is 0 Å². The highest BCUT2D eigenvalue weighted by Crippen LogP contribution is 2.23. The SMILES string of the molecule is CCCOc1ccc(C(C)NC(C)C2CCOCC2)cc1. The van der Waals surface area contributed by atoms with Crippen LogP contribution in [0.2, 0.25) is 0 Å². The van der Waals surface area contributed by atoms with Crippen LogP contribution in [-0.4, -0.2) is 25.9 Å². The van der Waals surface area contributed by atoms with Crippen LogP contribution < -0.4 is 10.1 Å². The minimum Gasteiger partial charge on any atom is -0.494 e. The van der Waals surface area contributed by atoms with Gasteiger partial charge >= 0.3 is 0 Å². The molecule has 1 aromatic rings. The first-order valence-electron chi connectivity index (χ1n) is 8.27. The van der Waals surface area contributed by atoms with Gasteiger partial charge in [-0.3, -0.25) is 0 Å². The number of ether oxygens (including phenoxy) is 2. The van der Waals surface area contributed by atoms with Crippen molar-refractivity contribution < 1.29 is 9.47 Å². The Morgan fingerprint density at radius 1 is 1.19 bits per heavy atom. The topological polar surface area (TPSA) is 30.5 Å². The van der Waals surface area contributed by atoms with Gasteiger partial charge < -0.3 is 14.8 Å². The predicted molar refractivity (Wildman–Crippen MR) is 86.8 cm³/mol. The second-order valence-corrected chi connectivity index (χ2v) is 6.04. The van der Waals surface area contributed by atoms with Crippen LogP contribution in [0.4, 0.5) is 0 Å². The van der Waals surface area contributed by atoms with Crippen LogP contribution in [0.5, 0.6) is 5.75 Å². The molecule has 3 nitrogen and oxygen atoms in total. The molecule has 0 aliphatic carbocycles. The van der Waals surface area contributed by atoms with Crippen LogP contribution in [0.1, 0.15) is 51.6 Å². The third-order valence-corrected chi connectivity index (χ3v) is 4.34. The van der Waals surface area contributed by atoms with Crippen LogP contribution >= 0.6 is 0 Å². The van der Waals surface area contributed by atoms with E-state index in [4.69, 9.17) is 9.47 Å². The lowest BCUT2D eigenvalue weighted by Gasteiger charge is -2.30. The Kier molecular flexibility index (Phi) is 6.52. The van der Waals surface area contributed by atoms with Gasteiger partial charge in [-0.25, -0.2) is 0 Å². The van der Waals surface area contributed by atoms with Gasteiger partial charge in [-0.2, -0.15) is 0 Å². The first-order valence-corrected chi connectivity index (χ1v) is 8.27. The highest BCUT2D eigenvalue weighted by atomic mass is 16.5. The summed E-state index contributed by atoms with van der Waals surface area (Å²) in [5, 5.41) is 3.73. The third-order valence-electron chi connectivity index (χ3n) is 4.34. The average molecular weight is 291 g/mol. The number of rotatable bonds is 7. The van der Waals surface area contributed by atoms with E-state index in [2.05, 4.69) is 50.4 Å². The van der Waals surface area contributed by atoms with Gasteiger partial charge in [-0.1, -0.05) is 19.1 Å². The van der Waals surface area contributed by atoms with Crippen LogP contribution in [0.3, 0.4) is 0 Å². The van der Waals surface area contributed by atoms with E-state index in [0.29, 0.717) is 12.1 Å². The molecule has 1 saturated heterocycles. The number of hydrogen-bond donors (Lipinski definition) is 1. The van der Waals surface area contributed by atoms with Crippen molar-refractivity contribution >= 4 is 0 Å². The molecule has 1 fully saturated rings. The van der Waals surface area contributed by atoms with Gasteiger partial charge in [-0.05, 0) is 56.7 Å². The van der Waals surface area contributed by atoms with E-state index in [0.717, 1.165) is 37.9 Å². The zero-order valence-electron chi connectivity index (χ0n) is 13.6. The summed E-state index contributed by atoms with van der Waals surface area (Å²) >= 11 is 0. The molecule has 2 atom stereocenters. The van der Waals surface area contributed by atoms with Gasteiger partial charge in [0.25, 0.3) is 0 Å². The summed E-state index contributed by atoms with van der Waals surface area (Å²) in [7, 11) is 0. The van der Waals surface area contributed by atoms with Gasteiger partial charge in [0.05, 0.1) is 6.61 Å². The summed E-state index contributed by atoms with van der Waals surface area (Å²) in [5.74, 6) is 1.69. The van der Waals surface area contributed by atoms with Crippen molar-refractivity contribution in [2.24, 2.45) is 5.92 Å². The Hall–Kier alpha value is -1.06. The number of hydrogen-bond acceptors (Lipinski definition) is 3. The zero-order valence-corrected chi connectivity index (χ0v) is 13.6. The molecule has 118 valence electrons. The third kappa shape index (κ3) is 5.01. The van der Waals surface area contributed by atoms with Crippen LogP contribution in [-0.2, 0) is 4.74 Å². The maximum Gasteiger partial charge on any atom is 0.119 e. The molecule has 0 amide bonds. The van der Waals surface area contributed by atoms with Crippen molar-refractivity contribution in [2.75, 3.05) is 19.8 Å². The van der Waals surface area contributed by atoms with Crippen LogP contribution in [0.25, 0.3) is 0 Å². The fourth-order valence-corrected chi connectivity index (χ4v) is 2.92. The van der Waals surface area contributed by atoms with Crippen molar-refractivity contribution in [3.63, 3.8) is 0 Å². The maximum absolute atomic E-state index is 5.63. The standard InChI is InChI=1S/C18H29NO2/c1-4-11-21-18-7-5-16(6-8-18)14(2)19-15(3)17-9-12-20-13-10-17/h5-8,14-15,17,19H,4,9-13H2,1-3H3. The number of benzene rings is 1. The van der Waals surface area contributed by atoms with Gasteiger partial charge in [0, 0.05) is 25.3 Å². The molecule has 2 unspecified atom stereocenters. The highest BCUT2D eigenvalue weighted by molar-refractivity contribution is 5.29. The van der Waals surface area contributed by atoms with Crippen molar-refractivity contribution in [1.29, 1.82) is 0 Å². The normalized spacial score (nSPS) is 19.2. The summed E-state index contributed by atoms with van der Waals surface area (Å²) in [6.07, 6.45) is 3.39. The van der Waals surface area contributed by atoms with E-state index in [1.165, 1.54) is 18.4 Å². The average Bonchev–Trinajstić information content (AvgIpc) is 2.54. The highest BCUT2D eigenvalue weighted by Gasteiger charge is 2.21. The molecule has 1 aromatic carbocycles. The van der Waals surface area contributed by atoms with E-state index in [1.807, 2.05) is 0 Å². The Labute approximate surface area is 129 Å². The minimum atomic E-state index is 0.364. The van der Waals surface area contributed by atoms with E-state index < -0.39 is 0 Å². The second kappa shape index (κ2) is 8.40. The van der Waals surface area contributed by atoms with E-state index >= 15 is 0 Å². The van der Waals surface area contributed by atoms with Crippen molar-refractivity contribution in [2.45, 2.75) is 52.1 Å². The summed E-state index contributed by atoms with van der Waals surface area (Å²) < 4.78 is 11.1. The monoisotopic (exact) mass is 291 g/mol. The van der Waals surface area contributed by atoms with E-state index in [1.54, 1.807) is 0 Å². The van der Waals surface area contributed by atoms with Gasteiger partial charge in [-0.15, -0.1) is 0 Å². The summed E-state index contributed by atoms with van der Waals surface area (Å²) in [6, 6.07) is 9.37. The Bertz CT molecular complexity index is 398. The lowest BCUT2D eigenvalue weighted by atomic mass is 9.92. The lowest BCUT2D eigenvalue weighted by Crippen LogP contribution is -2.38. The Morgan fingerprint density at radius 2 is 1.86 bits per heavy atom. The van der Waals surface area contributed by atoms with Crippen LogP contribution in [0.15, 0.2) is 24.3 Å². The summed E-state index contributed by atoms with van der Waals surface area (Å²) in [4.78, 5) is 0. The smallest absolute Gasteiger partial charge is 0.119 e. The molecule has 1 aliphatic heterocycles. The molecule has 0 aromatic heterocycles. The molecule has 2 rings (SSSR count). The summed E-state index contributed by atoms with van der Waals surface area (Å²) in [5.41, 5.74) is 1.32. The molecule has 21 heavy (non-hydrogen) atoms. The molecule has 1 aliphatic rings. The minimum absolute atomic E-state index is 0.364. The fourth-order valence-electron chi connectivity index (χ4n) is 2.92. The Morgan fingerprint density at radius 3 is 2.48 bits per heavy atom. The lowest BCUT2D eigenvalue weighted by molar-refractivity contribution is 0.0547. The molecule has 0 radical (unpaired) electrons.